The smallest absolute Gasteiger partial charge is 0.154 e. The Morgan fingerprint density at radius 1 is 1.20 bits per heavy atom. The Morgan fingerprint density at radius 2 is 1.93 bits per heavy atom. The minimum atomic E-state index is 0.0500. The van der Waals surface area contributed by atoms with Crippen LogP contribution in [0.4, 0.5) is 0 Å². The maximum atomic E-state index is 8.92. The van der Waals surface area contributed by atoms with Gasteiger partial charge in [-0.3, -0.25) is 5.01 Å². The Kier molecular flexibility index (Phi) is 2.89. The van der Waals surface area contributed by atoms with Gasteiger partial charge < -0.3 is 10.2 Å². The van der Waals surface area contributed by atoms with Crippen molar-refractivity contribution in [2.45, 2.75) is 0 Å². The average molecular weight is 210 g/mol. The minimum Gasteiger partial charge on any atom is -0.394 e. The number of nitrogens with zero attached hydrogens (tertiary/aromatic N) is 4. The average Bonchev–Trinajstić information content (AvgIpc) is 2.78. The molecule has 2 aromatic rings. The summed E-state index contributed by atoms with van der Waals surface area (Å²) in [6.07, 6.45) is 5.40. The van der Waals surface area contributed by atoms with E-state index in [9.17, 15) is 0 Å². The molecule has 0 aromatic carbocycles. The molecule has 0 fully saturated rings. The minimum absolute atomic E-state index is 0.0500. The van der Waals surface area contributed by atoms with E-state index in [4.69, 9.17) is 10.2 Å². The number of hydrogen-bond donors (Lipinski definition) is 2. The molecule has 0 aliphatic heterocycles. The zero-order valence-electron chi connectivity index (χ0n) is 8.32. The molecule has 2 heterocycles. The summed E-state index contributed by atoms with van der Waals surface area (Å²) in [7, 11) is 0. The van der Waals surface area contributed by atoms with Gasteiger partial charge in [-0.2, -0.15) is 4.79 Å². The van der Waals surface area contributed by atoms with E-state index in [1.54, 1.807) is 6.20 Å². The van der Waals surface area contributed by atoms with Crippen LogP contribution >= 0.6 is 0 Å². The van der Waals surface area contributed by atoms with Crippen LogP contribution in [0.25, 0.3) is 5.65 Å². The summed E-state index contributed by atoms with van der Waals surface area (Å²) in [5.74, 6) is 0. The number of hydrogen-bond acceptors (Lipinski definition) is 4. The van der Waals surface area contributed by atoms with Gasteiger partial charge in [0, 0.05) is 24.7 Å². The third kappa shape index (κ3) is 1.81. The molecule has 0 bridgehead atoms. The molecule has 6 nitrogen and oxygen atoms in total. The molecule has 0 spiro atoms. The van der Waals surface area contributed by atoms with Crippen molar-refractivity contribution < 1.29 is 10.2 Å². The second-order valence-electron chi connectivity index (χ2n) is 3.17. The number of imidazole rings is 1. The van der Waals surface area contributed by atoms with Crippen LogP contribution in [0.3, 0.4) is 0 Å². The van der Waals surface area contributed by atoms with Crippen molar-refractivity contribution in [3.63, 3.8) is 0 Å². The van der Waals surface area contributed by atoms with Crippen molar-refractivity contribution in [2.24, 2.45) is 0 Å². The molecule has 82 valence electrons. The lowest BCUT2D eigenvalue weighted by Crippen LogP contribution is -2.40. The standard InChI is InChI=1S/C9H14N4O2/c14-7-5-11(6-8-15)13-3-1-9-10-2-4-12(9)13/h1-4,14-15H,5-8H2. The molecular formula is C9H14N4O2. The Bertz CT molecular complexity index is 416. The molecule has 0 aliphatic rings. The maximum absolute atomic E-state index is 8.92. The van der Waals surface area contributed by atoms with Crippen molar-refractivity contribution >= 4 is 5.65 Å². The highest BCUT2D eigenvalue weighted by Gasteiger charge is 2.07. The highest BCUT2D eigenvalue weighted by atomic mass is 16.3. The third-order valence-electron chi connectivity index (χ3n) is 2.23. The predicted molar refractivity (Wildman–Crippen MR) is 55.3 cm³/mol. The number of aromatic nitrogens is 3. The molecule has 0 amide bonds. The van der Waals surface area contributed by atoms with E-state index in [2.05, 4.69) is 4.98 Å². The Hall–Kier alpha value is -1.53. The summed E-state index contributed by atoms with van der Waals surface area (Å²) >= 11 is 0. The van der Waals surface area contributed by atoms with Gasteiger partial charge in [-0.1, -0.05) is 0 Å². The monoisotopic (exact) mass is 210 g/mol. The lowest BCUT2D eigenvalue weighted by atomic mass is 10.6. The van der Waals surface area contributed by atoms with Crippen molar-refractivity contribution in [1.82, 2.24) is 14.3 Å². The molecule has 0 saturated carbocycles. The van der Waals surface area contributed by atoms with Crippen molar-refractivity contribution in [1.29, 1.82) is 0 Å². The Balaban J connectivity index is 2.29. The summed E-state index contributed by atoms with van der Waals surface area (Å²) in [6.45, 7) is 1.05. The van der Waals surface area contributed by atoms with Crippen LogP contribution in [-0.2, 0) is 0 Å². The number of aliphatic hydroxyl groups is 2. The zero-order chi connectivity index (χ0) is 10.7. The fourth-order valence-electron chi connectivity index (χ4n) is 1.58. The number of rotatable bonds is 5. The quantitative estimate of drug-likeness (QED) is 0.668. The van der Waals surface area contributed by atoms with Gasteiger partial charge in [-0.05, 0) is 0 Å². The van der Waals surface area contributed by atoms with Crippen LogP contribution < -0.4 is 5.01 Å². The first kappa shape index (κ1) is 10.0. The summed E-state index contributed by atoms with van der Waals surface area (Å²) in [4.78, 5) is 5.96. The van der Waals surface area contributed by atoms with E-state index < -0.39 is 0 Å². The first-order valence-corrected chi connectivity index (χ1v) is 4.84. The Labute approximate surface area is 86.9 Å². The maximum Gasteiger partial charge on any atom is 0.154 e. The molecule has 2 rings (SSSR count). The van der Waals surface area contributed by atoms with Crippen molar-refractivity contribution in [3.05, 3.63) is 24.7 Å². The number of aliphatic hydroxyl groups excluding tert-OH is 2. The van der Waals surface area contributed by atoms with Gasteiger partial charge in [0.2, 0.25) is 0 Å². The van der Waals surface area contributed by atoms with Crippen molar-refractivity contribution in [3.8, 4) is 0 Å². The second kappa shape index (κ2) is 4.33. The van der Waals surface area contributed by atoms with E-state index in [1.807, 2.05) is 32.8 Å². The van der Waals surface area contributed by atoms with Gasteiger partial charge in [-0.25, -0.2) is 9.50 Å². The molecule has 6 heteroatoms. The van der Waals surface area contributed by atoms with Crippen LogP contribution in [0.5, 0.6) is 0 Å². The summed E-state index contributed by atoms with van der Waals surface area (Å²) < 4.78 is 1.85. The largest absolute Gasteiger partial charge is 0.394 e. The Morgan fingerprint density at radius 3 is 2.60 bits per heavy atom. The van der Waals surface area contributed by atoms with Gasteiger partial charge in [0.1, 0.15) is 0 Å². The van der Waals surface area contributed by atoms with Gasteiger partial charge >= 0.3 is 0 Å². The molecule has 15 heavy (non-hydrogen) atoms. The topological polar surface area (TPSA) is 65.9 Å². The second-order valence-corrected chi connectivity index (χ2v) is 3.17. The van der Waals surface area contributed by atoms with E-state index in [0.29, 0.717) is 13.1 Å². The molecule has 0 radical (unpaired) electrons. The first-order valence-electron chi connectivity index (χ1n) is 4.84. The lowest BCUT2D eigenvalue weighted by Gasteiger charge is -2.24. The van der Waals surface area contributed by atoms with Gasteiger partial charge in [0.25, 0.3) is 0 Å². The molecule has 2 aromatic heterocycles. The third-order valence-corrected chi connectivity index (χ3v) is 2.23. The van der Waals surface area contributed by atoms with Gasteiger partial charge in [0.15, 0.2) is 5.65 Å². The van der Waals surface area contributed by atoms with Crippen LogP contribution in [0, 0.1) is 0 Å². The van der Waals surface area contributed by atoms with Gasteiger partial charge in [-0.15, -0.1) is 0 Å². The molecule has 0 saturated heterocycles. The lowest BCUT2D eigenvalue weighted by molar-refractivity contribution is 0.259. The van der Waals surface area contributed by atoms with E-state index in [0.717, 1.165) is 5.65 Å². The fraction of sp³-hybridized carbons (Fsp3) is 0.444. The predicted octanol–water partition coefficient (Wildman–Crippen LogP) is -0.942. The van der Waals surface area contributed by atoms with E-state index in [-0.39, 0.29) is 13.2 Å². The van der Waals surface area contributed by atoms with Crippen molar-refractivity contribution in [2.75, 3.05) is 31.3 Å². The molecular weight excluding hydrogens is 196 g/mol. The highest BCUT2D eigenvalue weighted by molar-refractivity contribution is 5.36. The molecule has 2 N–H and O–H groups in total. The van der Waals surface area contributed by atoms with Crippen LogP contribution in [0.15, 0.2) is 24.7 Å². The highest BCUT2D eigenvalue weighted by Crippen LogP contribution is 2.02. The fourth-order valence-corrected chi connectivity index (χ4v) is 1.58. The van der Waals surface area contributed by atoms with E-state index >= 15 is 0 Å². The zero-order valence-corrected chi connectivity index (χ0v) is 8.32. The molecule has 0 atom stereocenters. The van der Waals surface area contributed by atoms with Crippen LogP contribution in [0.1, 0.15) is 0 Å². The summed E-state index contributed by atoms with van der Waals surface area (Å²) in [6, 6.07) is 1.88. The van der Waals surface area contributed by atoms with Gasteiger partial charge in [0.05, 0.1) is 26.3 Å². The number of fused-ring (bicyclic) bond motifs is 1. The molecule has 0 aliphatic carbocycles. The van der Waals surface area contributed by atoms with Crippen LogP contribution in [-0.4, -0.2) is 50.8 Å². The summed E-state index contributed by atoms with van der Waals surface area (Å²) in [5, 5.41) is 19.7. The SMILES string of the molecule is OCCN(CCO)n1ccc2nccn21. The summed E-state index contributed by atoms with van der Waals surface area (Å²) in [5.41, 5.74) is 0.843. The van der Waals surface area contributed by atoms with E-state index in [1.165, 1.54) is 0 Å². The normalized spacial score (nSPS) is 11.1. The van der Waals surface area contributed by atoms with Crippen LogP contribution in [0.2, 0.25) is 0 Å². The first-order chi connectivity index (χ1) is 7.36. The molecule has 0 unspecified atom stereocenters.